The molecule has 19 heavy (non-hydrogen) atoms. The van der Waals surface area contributed by atoms with E-state index in [4.69, 9.17) is 5.11 Å². The van der Waals surface area contributed by atoms with E-state index in [1.165, 1.54) is 4.31 Å². The number of benzene rings is 1. The highest BCUT2D eigenvalue weighted by Crippen LogP contribution is 2.13. The van der Waals surface area contributed by atoms with Crippen LogP contribution in [0.5, 0.6) is 0 Å². The molecule has 0 unspecified atom stereocenters. The average Bonchev–Trinajstić information content (AvgIpc) is 2.36. The van der Waals surface area contributed by atoms with Crippen molar-refractivity contribution in [2.45, 2.75) is 26.2 Å². The molecule has 1 aromatic carbocycles. The molecule has 0 amide bonds. The number of aliphatic hydroxyl groups is 1. The van der Waals surface area contributed by atoms with Crippen molar-refractivity contribution < 1.29 is 13.5 Å². The van der Waals surface area contributed by atoms with Crippen LogP contribution in [-0.2, 0) is 22.4 Å². The standard InChI is InChI=1S/C14H21NO3S/c1-4-15(9-12(2)3)19(17,18)11-14-7-5-13(10-16)6-8-14/h5-8,16H,2,4,9-11H2,1,3H3. The summed E-state index contributed by atoms with van der Waals surface area (Å²) in [6, 6.07) is 6.94. The van der Waals surface area contributed by atoms with Crippen LogP contribution in [0.2, 0.25) is 0 Å². The minimum Gasteiger partial charge on any atom is -0.392 e. The van der Waals surface area contributed by atoms with Crippen LogP contribution in [0.4, 0.5) is 0 Å². The van der Waals surface area contributed by atoms with Gasteiger partial charge in [0, 0.05) is 13.1 Å². The number of likely N-dealkylation sites (N-methyl/N-ethyl adjacent to an activating group) is 1. The number of nitrogens with zero attached hydrogens (tertiary/aromatic N) is 1. The Morgan fingerprint density at radius 1 is 1.26 bits per heavy atom. The fourth-order valence-electron chi connectivity index (χ4n) is 1.75. The Morgan fingerprint density at radius 2 is 1.79 bits per heavy atom. The molecule has 0 bridgehead atoms. The maximum Gasteiger partial charge on any atom is 0.218 e. The van der Waals surface area contributed by atoms with Crippen LogP contribution in [0.3, 0.4) is 0 Å². The Labute approximate surface area is 115 Å². The van der Waals surface area contributed by atoms with E-state index in [1.807, 2.05) is 13.8 Å². The van der Waals surface area contributed by atoms with Crippen molar-refractivity contribution >= 4 is 10.0 Å². The third kappa shape index (κ3) is 4.78. The van der Waals surface area contributed by atoms with Crippen LogP contribution in [-0.4, -0.2) is 30.9 Å². The van der Waals surface area contributed by atoms with Gasteiger partial charge >= 0.3 is 0 Å². The molecular weight excluding hydrogens is 262 g/mol. The van der Waals surface area contributed by atoms with Crippen LogP contribution < -0.4 is 0 Å². The van der Waals surface area contributed by atoms with Crippen LogP contribution >= 0.6 is 0 Å². The summed E-state index contributed by atoms with van der Waals surface area (Å²) in [6.45, 7) is 8.13. The van der Waals surface area contributed by atoms with Gasteiger partial charge in [0.05, 0.1) is 12.4 Å². The van der Waals surface area contributed by atoms with Crippen LogP contribution in [0.1, 0.15) is 25.0 Å². The minimum atomic E-state index is -3.33. The minimum absolute atomic E-state index is 0.0279. The van der Waals surface area contributed by atoms with Crippen molar-refractivity contribution in [3.05, 3.63) is 47.5 Å². The molecule has 4 nitrogen and oxygen atoms in total. The second kappa shape index (κ2) is 6.84. The molecular formula is C14H21NO3S. The molecule has 0 heterocycles. The lowest BCUT2D eigenvalue weighted by atomic mass is 10.2. The number of aliphatic hydroxyl groups excluding tert-OH is 1. The van der Waals surface area contributed by atoms with Gasteiger partial charge in [-0.05, 0) is 18.1 Å². The molecule has 0 radical (unpaired) electrons. The Kier molecular flexibility index (Phi) is 5.72. The fourth-order valence-corrected chi connectivity index (χ4v) is 3.36. The third-order valence-electron chi connectivity index (χ3n) is 2.75. The molecule has 1 rings (SSSR count). The lowest BCUT2D eigenvalue weighted by Crippen LogP contribution is -2.33. The zero-order chi connectivity index (χ0) is 14.5. The summed E-state index contributed by atoms with van der Waals surface area (Å²) >= 11 is 0. The first-order valence-corrected chi connectivity index (χ1v) is 7.81. The number of hydrogen-bond donors (Lipinski definition) is 1. The summed E-state index contributed by atoms with van der Waals surface area (Å²) in [6.07, 6.45) is 0. The Morgan fingerprint density at radius 3 is 2.21 bits per heavy atom. The highest BCUT2D eigenvalue weighted by atomic mass is 32.2. The van der Waals surface area contributed by atoms with E-state index in [2.05, 4.69) is 6.58 Å². The van der Waals surface area contributed by atoms with Crippen molar-refractivity contribution in [2.24, 2.45) is 0 Å². The molecule has 106 valence electrons. The van der Waals surface area contributed by atoms with Crippen LogP contribution in [0, 0.1) is 0 Å². The summed E-state index contributed by atoms with van der Waals surface area (Å²) in [4.78, 5) is 0. The molecule has 0 spiro atoms. The molecule has 0 saturated heterocycles. The van der Waals surface area contributed by atoms with Gasteiger partial charge in [-0.15, -0.1) is 0 Å². The normalized spacial score (nSPS) is 11.8. The Hall–Kier alpha value is -1.17. The highest BCUT2D eigenvalue weighted by molar-refractivity contribution is 7.88. The largest absolute Gasteiger partial charge is 0.392 e. The first kappa shape index (κ1) is 15.9. The molecule has 1 N–H and O–H groups in total. The number of hydrogen-bond acceptors (Lipinski definition) is 3. The maximum atomic E-state index is 12.3. The van der Waals surface area contributed by atoms with E-state index < -0.39 is 10.0 Å². The Bertz CT molecular complexity index is 520. The van der Waals surface area contributed by atoms with Gasteiger partial charge in [-0.3, -0.25) is 0 Å². The van der Waals surface area contributed by atoms with E-state index in [1.54, 1.807) is 24.3 Å². The zero-order valence-electron chi connectivity index (χ0n) is 11.5. The number of rotatable bonds is 7. The molecule has 0 aliphatic rings. The molecule has 0 fully saturated rings. The number of sulfonamides is 1. The van der Waals surface area contributed by atoms with Gasteiger partial charge in [0.1, 0.15) is 0 Å². The summed E-state index contributed by atoms with van der Waals surface area (Å²) in [5.74, 6) is -0.0279. The van der Waals surface area contributed by atoms with Crippen molar-refractivity contribution in [1.82, 2.24) is 4.31 Å². The van der Waals surface area contributed by atoms with Crippen molar-refractivity contribution in [1.29, 1.82) is 0 Å². The molecule has 5 heteroatoms. The van der Waals surface area contributed by atoms with Gasteiger partial charge in [-0.1, -0.05) is 43.3 Å². The predicted molar refractivity (Wildman–Crippen MR) is 77.0 cm³/mol. The smallest absolute Gasteiger partial charge is 0.218 e. The summed E-state index contributed by atoms with van der Waals surface area (Å²) in [7, 11) is -3.33. The second-order valence-corrected chi connectivity index (χ2v) is 6.58. The average molecular weight is 283 g/mol. The van der Waals surface area contributed by atoms with Gasteiger partial charge in [-0.25, -0.2) is 8.42 Å². The zero-order valence-corrected chi connectivity index (χ0v) is 12.3. The van der Waals surface area contributed by atoms with E-state index >= 15 is 0 Å². The van der Waals surface area contributed by atoms with Crippen molar-refractivity contribution in [3.8, 4) is 0 Å². The van der Waals surface area contributed by atoms with Gasteiger partial charge in [-0.2, -0.15) is 4.31 Å². The van der Waals surface area contributed by atoms with E-state index in [0.29, 0.717) is 13.1 Å². The summed E-state index contributed by atoms with van der Waals surface area (Å²) in [5, 5.41) is 8.95. The molecule has 1 aromatic rings. The predicted octanol–water partition coefficient (Wildman–Crippen LogP) is 1.91. The maximum absolute atomic E-state index is 12.3. The SMILES string of the molecule is C=C(C)CN(CC)S(=O)(=O)Cc1ccc(CO)cc1. The van der Waals surface area contributed by atoms with Crippen molar-refractivity contribution in [2.75, 3.05) is 13.1 Å². The van der Waals surface area contributed by atoms with Gasteiger partial charge in [0.25, 0.3) is 0 Å². The molecule has 0 atom stereocenters. The van der Waals surface area contributed by atoms with Crippen LogP contribution in [0.25, 0.3) is 0 Å². The Balaban J connectivity index is 2.84. The quantitative estimate of drug-likeness (QED) is 0.778. The van der Waals surface area contributed by atoms with Crippen LogP contribution in [0.15, 0.2) is 36.4 Å². The monoisotopic (exact) mass is 283 g/mol. The molecule has 0 aliphatic carbocycles. The first-order valence-electron chi connectivity index (χ1n) is 6.20. The van der Waals surface area contributed by atoms with E-state index in [0.717, 1.165) is 16.7 Å². The second-order valence-electron chi connectivity index (χ2n) is 4.61. The van der Waals surface area contributed by atoms with Crippen molar-refractivity contribution in [3.63, 3.8) is 0 Å². The van der Waals surface area contributed by atoms with E-state index in [-0.39, 0.29) is 12.4 Å². The van der Waals surface area contributed by atoms with Gasteiger partial charge < -0.3 is 5.11 Å². The molecule has 0 saturated carbocycles. The lowest BCUT2D eigenvalue weighted by molar-refractivity contribution is 0.282. The summed E-state index contributed by atoms with van der Waals surface area (Å²) in [5.41, 5.74) is 2.31. The van der Waals surface area contributed by atoms with E-state index in [9.17, 15) is 8.42 Å². The lowest BCUT2D eigenvalue weighted by Gasteiger charge is -2.20. The highest BCUT2D eigenvalue weighted by Gasteiger charge is 2.20. The van der Waals surface area contributed by atoms with Gasteiger partial charge in [0.2, 0.25) is 10.0 Å². The van der Waals surface area contributed by atoms with Gasteiger partial charge in [0.15, 0.2) is 0 Å². The third-order valence-corrected chi connectivity index (χ3v) is 4.62. The molecule has 0 aliphatic heterocycles. The fraction of sp³-hybridized carbons (Fsp3) is 0.429. The molecule has 0 aromatic heterocycles. The topological polar surface area (TPSA) is 57.6 Å². The first-order chi connectivity index (χ1) is 8.89. The summed E-state index contributed by atoms with van der Waals surface area (Å²) < 4.78 is 25.9.